The fraction of sp³-hybridized carbons (Fsp3) is 0. The zero-order valence-corrected chi connectivity index (χ0v) is 7.31. The van der Waals surface area contributed by atoms with Crippen molar-refractivity contribution in [2.24, 2.45) is 0 Å². The molecule has 0 radical (unpaired) electrons. The predicted octanol–water partition coefficient (Wildman–Crippen LogP) is 1.93. The first-order valence-electron chi connectivity index (χ1n) is 4.11. The molecule has 0 fully saturated rings. The highest BCUT2D eigenvalue weighted by molar-refractivity contribution is 6.03. The van der Waals surface area contributed by atoms with Gasteiger partial charge in [-0.1, -0.05) is 0 Å². The van der Waals surface area contributed by atoms with E-state index in [1.807, 2.05) is 0 Å². The van der Waals surface area contributed by atoms with Gasteiger partial charge < -0.3 is 4.42 Å². The van der Waals surface area contributed by atoms with Gasteiger partial charge in [-0.25, -0.2) is 0 Å². The van der Waals surface area contributed by atoms with Gasteiger partial charge in [-0.15, -0.1) is 0 Å². The van der Waals surface area contributed by atoms with E-state index in [9.17, 15) is 4.79 Å². The number of nitrogens with zero attached hydrogens (tertiary/aromatic N) is 1. The van der Waals surface area contributed by atoms with Crippen LogP contribution < -0.4 is 5.32 Å². The van der Waals surface area contributed by atoms with E-state index in [4.69, 9.17) is 4.42 Å². The third-order valence-electron chi connectivity index (χ3n) is 1.68. The van der Waals surface area contributed by atoms with Crippen LogP contribution in [0, 0.1) is 0 Å². The average Bonchev–Trinajstić information content (AvgIpc) is 2.72. The first-order chi connectivity index (χ1) is 6.86. The van der Waals surface area contributed by atoms with Gasteiger partial charge >= 0.3 is 0 Å². The minimum atomic E-state index is -0.229. The zero-order valence-electron chi connectivity index (χ0n) is 7.31. The summed E-state index contributed by atoms with van der Waals surface area (Å²) in [6.07, 6.45) is 4.61. The first-order valence-corrected chi connectivity index (χ1v) is 4.11. The van der Waals surface area contributed by atoms with E-state index in [-0.39, 0.29) is 5.91 Å². The minimum Gasteiger partial charge on any atom is -0.449 e. The molecule has 4 nitrogen and oxygen atoms in total. The maximum Gasteiger partial charge on any atom is 0.259 e. The summed E-state index contributed by atoms with van der Waals surface area (Å²) >= 11 is 0. The van der Waals surface area contributed by atoms with Crippen molar-refractivity contribution in [2.75, 3.05) is 5.32 Å². The number of hydrogen-bond acceptors (Lipinski definition) is 3. The van der Waals surface area contributed by atoms with E-state index in [1.165, 1.54) is 12.5 Å². The number of rotatable bonds is 2. The van der Waals surface area contributed by atoms with Gasteiger partial charge in [0.15, 0.2) is 5.88 Å². The monoisotopic (exact) mass is 188 g/mol. The number of pyridine rings is 1. The van der Waals surface area contributed by atoms with Gasteiger partial charge in [0.25, 0.3) is 5.91 Å². The number of carbonyl (C=O) groups excluding carboxylic acids is 1. The summed E-state index contributed by atoms with van der Waals surface area (Å²) in [5.41, 5.74) is 0.504. The molecule has 2 heterocycles. The van der Waals surface area contributed by atoms with Crippen molar-refractivity contribution in [3.63, 3.8) is 0 Å². The van der Waals surface area contributed by atoms with Crippen molar-refractivity contribution in [3.05, 3.63) is 48.5 Å². The molecule has 1 amide bonds. The molecule has 0 saturated carbocycles. The van der Waals surface area contributed by atoms with Crippen molar-refractivity contribution < 1.29 is 9.21 Å². The largest absolute Gasteiger partial charge is 0.449 e. The van der Waals surface area contributed by atoms with E-state index in [0.717, 1.165) is 0 Å². The van der Waals surface area contributed by atoms with Crippen LogP contribution in [-0.4, -0.2) is 10.9 Å². The third-order valence-corrected chi connectivity index (χ3v) is 1.68. The standard InChI is InChI=1S/C10H8N2O2/c13-10(8-3-1-5-11-7-8)12-9-4-2-6-14-9/h1-7H,(H,12,13). The van der Waals surface area contributed by atoms with Crippen LogP contribution in [0.2, 0.25) is 0 Å². The fourth-order valence-corrected chi connectivity index (χ4v) is 1.03. The van der Waals surface area contributed by atoms with Gasteiger partial charge in [0, 0.05) is 18.5 Å². The highest BCUT2D eigenvalue weighted by Crippen LogP contribution is 2.08. The molecule has 0 bridgehead atoms. The Kier molecular flexibility index (Phi) is 2.27. The number of nitrogens with one attached hydrogen (secondary N) is 1. The molecule has 0 aliphatic carbocycles. The van der Waals surface area contributed by atoms with E-state index < -0.39 is 0 Å². The first kappa shape index (κ1) is 8.50. The maximum atomic E-state index is 11.5. The number of furan rings is 1. The Morgan fingerprint density at radius 3 is 2.93 bits per heavy atom. The molecule has 0 aromatic carbocycles. The van der Waals surface area contributed by atoms with Gasteiger partial charge in [0.05, 0.1) is 11.8 Å². The van der Waals surface area contributed by atoms with Crippen molar-refractivity contribution >= 4 is 11.8 Å². The quantitative estimate of drug-likeness (QED) is 0.783. The second kappa shape index (κ2) is 3.74. The highest BCUT2D eigenvalue weighted by atomic mass is 16.3. The minimum absolute atomic E-state index is 0.229. The van der Waals surface area contributed by atoms with E-state index in [1.54, 1.807) is 30.5 Å². The summed E-state index contributed by atoms with van der Waals surface area (Å²) in [6.45, 7) is 0. The SMILES string of the molecule is O=C(Nc1ccco1)c1cccnc1. The van der Waals surface area contributed by atoms with Crippen LogP contribution in [0.5, 0.6) is 0 Å². The third kappa shape index (κ3) is 1.80. The molecule has 2 aromatic rings. The molecule has 0 saturated heterocycles. The number of hydrogen-bond donors (Lipinski definition) is 1. The average molecular weight is 188 g/mol. The topological polar surface area (TPSA) is 55.1 Å². The molecule has 0 atom stereocenters. The molecule has 0 aliphatic rings. The van der Waals surface area contributed by atoms with Crippen molar-refractivity contribution in [1.29, 1.82) is 0 Å². The normalized spacial score (nSPS) is 9.71. The lowest BCUT2D eigenvalue weighted by atomic mass is 10.3. The highest BCUT2D eigenvalue weighted by Gasteiger charge is 2.06. The van der Waals surface area contributed by atoms with Crippen molar-refractivity contribution in [1.82, 2.24) is 4.98 Å². The Labute approximate surface area is 80.6 Å². The van der Waals surface area contributed by atoms with Gasteiger partial charge in [-0.05, 0) is 18.2 Å². The number of amides is 1. The van der Waals surface area contributed by atoms with E-state index in [0.29, 0.717) is 11.4 Å². The second-order valence-electron chi connectivity index (χ2n) is 2.67. The van der Waals surface area contributed by atoms with Gasteiger partial charge in [0.2, 0.25) is 0 Å². The summed E-state index contributed by atoms with van der Waals surface area (Å²) in [4.78, 5) is 15.3. The smallest absolute Gasteiger partial charge is 0.259 e. The van der Waals surface area contributed by atoms with Crippen molar-refractivity contribution in [2.45, 2.75) is 0 Å². The summed E-state index contributed by atoms with van der Waals surface area (Å²) in [5, 5.41) is 2.59. The lowest BCUT2D eigenvalue weighted by Gasteiger charge is -1.99. The molecule has 4 heteroatoms. The molecule has 0 unspecified atom stereocenters. The lowest BCUT2D eigenvalue weighted by Crippen LogP contribution is -2.11. The number of carbonyl (C=O) groups is 1. The molecular formula is C10H8N2O2. The molecule has 1 N–H and O–H groups in total. The molecule has 0 aliphatic heterocycles. The van der Waals surface area contributed by atoms with Crippen LogP contribution in [0.25, 0.3) is 0 Å². The van der Waals surface area contributed by atoms with Gasteiger partial charge in [-0.3, -0.25) is 15.1 Å². The second-order valence-corrected chi connectivity index (χ2v) is 2.67. The van der Waals surface area contributed by atoms with Crippen LogP contribution >= 0.6 is 0 Å². The van der Waals surface area contributed by atoms with Crippen LogP contribution in [0.15, 0.2) is 47.3 Å². The van der Waals surface area contributed by atoms with E-state index >= 15 is 0 Å². The van der Waals surface area contributed by atoms with Gasteiger partial charge in [-0.2, -0.15) is 0 Å². The summed E-state index contributed by atoms with van der Waals surface area (Å²) in [7, 11) is 0. The summed E-state index contributed by atoms with van der Waals surface area (Å²) in [5.74, 6) is 0.201. The summed E-state index contributed by atoms with van der Waals surface area (Å²) in [6, 6.07) is 6.77. The molecule has 2 rings (SSSR count). The number of aromatic nitrogens is 1. The Morgan fingerprint density at radius 1 is 1.36 bits per heavy atom. The zero-order chi connectivity index (χ0) is 9.80. The Morgan fingerprint density at radius 2 is 2.29 bits per heavy atom. The summed E-state index contributed by atoms with van der Waals surface area (Å²) < 4.78 is 4.97. The molecule has 2 aromatic heterocycles. The lowest BCUT2D eigenvalue weighted by molar-refractivity contribution is 0.102. The fourth-order valence-electron chi connectivity index (χ4n) is 1.03. The van der Waals surface area contributed by atoms with Gasteiger partial charge in [0.1, 0.15) is 0 Å². The Balaban J connectivity index is 2.11. The predicted molar refractivity (Wildman–Crippen MR) is 50.9 cm³/mol. The molecule has 0 spiro atoms. The van der Waals surface area contributed by atoms with Crippen LogP contribution in [0.3, 0.4) is 0 Å². The van der Waals surface area contributed by atoms with Crippen LogP contribution in [-0.2, 0) is 0 Å². The Hall–Kier alpha value is -2.10. The van der Waals surface area contributed by atoms with Crippen molar-refractivity contribution in [3.8, 4) is 0 Å². The van der Waals surface area contributed by atoms with E-state index in [2.05, 4.69) is 10.3 Å². The molecule has 14 heavy (non-hydrogen) atoms. The number of anilines is 1. The molecule has 70 valence electrons. The van der Waals surface area contributed by atoms with Crippen LogP contribution in [0.4, 0.5) is 5.88 Å². The molecular weight excluding hydrogens is 180 g/mol. The Bertz CT molecular complexity index is 409. The maximum absolute atomic E-state index is 11.5. The van der Waals surface area contributed by atoms with Crippen LogP contribution in [0.1, 0.15) is 10.4 Å².